The van der Waals surface area contributed by atoms with E-state index in [0.29, 0.717) is 17.3 Å². The molecule has 0 fully saturated rings. The van der Waals surface area contributed by atoms with Gasteiger partial charge in [-0.25, -0.2) is 4.98 Å². The van der Waals surface area contributed by atoms with E-state index in [9.17, 15) is 0 Å². The number of nitrogens with zero attached hydrogens (tertiary/aromatic N) is 1. The van der Waals surface area contributed by atoms with Gasteiger partial charge in [0.1, 0.15) is 11.6 Å². The summed E-state index contributed by atoms with van der Waals surface area (Å²) in [5.74, 6) is 1.33. The summed E-state index contributed by atoms with van der Waals surface area (Å²) in [4.78, 5) is 4.21. The smallest absolute Gasteiger partial charge is 0.147 e. The van der Waals surface area contributed by atoms with Crippen LogP contribution in [0.3, 0.4) is 0 Å². The van der Waals surface area contributed by atoms with E-state index >= 15 is 0 Å². The number of ether oxygens (including phenoxy) is 1. The van der Waals surface area contributed by atoms with E-state index in [1.54, 1.807) is 19.4 Å². The number of benzene rings is 1. The summed E-state index contributed by atoms with van der Waals surface area (Å²) in [5.41, 5.74) is 8.42. The fourth-order valence-corrected chi connectivity index (χ4v) is 1.54. The summed E-state index contributed by atoms with van der Waals surface area (Å²) in [6.07, 6.45) is 1.58. The van der Waals surface area contributed by atoms with Crippen LogP contribution in [0.25, 0.3) is 0 Å². The molecule has 4 heteroatoms. The highest BCUT2D eigenvalue weighted by Crippen LogP contribution is 2.25. The molecular weight excluding hydrogens is 214 g/mol. The first-order valence-corrected chi connectivity index (χ1v) is 5.33. The topological polar surface area (TPSA) is 60.2 Å². The molecule has 17 heavy (non-hydrogen) atoms. The zero-order valence-corrected chi connectivity index (χ0v) is 9.90. The lowest BCUT2D eigenvalue weighted by Gasteiger charge is -2.10. The number of nitrogens with one attached hydrogen (secondary N) is 1. The average molecular weight is 229 g/mol. The maximum absolute atomic E-state index is 5.71. The maximum Gasteiger partial charge on any atom is 0.147 e. The number of aryl methyl sites for hydroxylation is 1. The molecule has 3 N–H and O–H groups in total. The molecule has 0 unspecified atom stereocenters. The molecule has 88 valence electrons. The van der Waals surface area contributed by atoms with Crippen molar-refractivity contribution in [1.82, 2.24) is 4.98 Å². The third kappa shape index (κ3) is 2.47. The Morgan fingerprint density at radius 2 is 2.06 bits per heavy atom. The average Bonchev–Trinajstić information content (AvgIpc) is 2.34. The van der Waals surface area contributed by atoms with Crippen LogP contribution in [0.2, 0.25) is 0 Å². The number of rotatable bonds is 3. The number of pyridine rings is 1. The van der Waals surface area contributed by atoms with Gasteiger partial charge in [0.05, 0.1) is 19.0 Å². The Hall–Kier alpha value is -2.23. The molecule has 0 bridgehead atoms. The summed E-state index contributed by atoms with van der Waals surface area (Å²) >= 11 is 0. The fraction of sp³-hybridized carbons (Fsp3) is 0.154. The van der Waals surface area contributed by atoms with Crippen molar-refractivity contribution in [2.24, 2.45) is 0 Å². The zero-order chi connectivity index (χ0) is 12.3. The molecular formula is C13H15N3O. The largest absolute Gasteiger partial charge is 0.494 e. The van der Waals surface area contributed by atoms with Crippen LogP contribution in [0.15, 0.2) is 36.5 Å². The molecule has 2 rings (SSSR count). The first kappa shape index (κ1) is 11.3. The molecule has 0 saturated carbocycles. The second kappa shape index (κ2) is 4.74. The number of hydrogen-bond acceptors (Lipinski definition) is 4. The van der Waals surface area contributed by atoms with Gasteiger partial charge < -0.3 is 15.8 Å². The van der Waals surface area contributed by atoms with Gasteiger partial charge in [0.2, 0.25) is 0 Å². The molecule has 1 heterocycles. The lowest BCUT2D eigenvalue weighted by molar-refractivity contribution is 0.417. The first-order valence-electron chi connectivity index (χ1n) is 5.33. The highest BCUT2D eigenvalue weighted by atomic mass is 16.5. The molecule has 1 aromatic carbocycles. The van der Waals surface area contributed by atoms with Crippen molar-refractivity contribution in [2.75, 3.05) is 18.2 Å². The SMILES string of the molecule is COc1cc(Nc2ccccc2C)ncc1N. The number of aromatic nitrogens is 1. The van der Waals surface area contributed by atoms with Crippen LogP contribution in [0.1, 0.15) is 5.56 Å². The van der Waals surface area contributed by atoms with Gasteiger partial charge in [0.15, 0.2) is 0 Å². The summed E-state index contributed by atoms with van der Waals surface area (Å²) in [5, 5.41) is 3.23. The van der Waals surface area contributed by atoms with Crippen molar-refractivity contribution in [1.29, 1.82) is 0 Å². The number of methoxy groups -OCH3 is 1. The van der Waals surface area contributed by atoms with E-state index in [1.165, 1.54) is 0 Å². The zero-order valence-electron chi connectivity index (χ0n) is 9.90. The lowest BCUT2D eigenvalue weighted by atomic mass is 10.2. The van der Waals surface area contributed by atoms with Gasteiger partial charge in [-0.05, 0) is 18.6 Å². The van der Waals surface area contributed by atoms with Crippen LogP contribution in [0, 0.1) is 6.92 Å². The Morgan fingerprint density at radius 3 is 2.76 bits per heavy atom. The Labute approximate surface area is 100 Å². The summed E-state index contributed by atoms with van der Waals surface area (Å²) in [6.45, 7) is 2.04. The van der Waals surface area contributed by atoms with E-state index in [4.69, 9.17) is 10.5 Å². The van der Waals surface area contributed by atoms with Crippen LogP contribution in [0.4, 0.5) is 17.2 Å². The Kier molecular flexibility index (Phi) is 3.14. The highest BCUT2D eigenvalue weighted by molar-refractivity contribution is 5.64. The van der Waals surface area contributed by atoms with E-state index in [0.717, 1.165) is 11.3 Å². The molecule has 0 aliphatic carbocycles. The monoisotopic (exact) mass is 229 g/mol. The van der Waals surface area contributed by atoms with Crippen molar-refractivity contribution in [2.45, 2.75) is 6.92 Å². The van der Waals surface area contributed by atoms with Crippen LogP contribution in [-0.4, -0.2) is 12.1 Å². The minimum Gasteiger partial charge on any atom is -0.494 e. The second-order valence-electron chi connectivity index (χ2n) is 3.75. The van der Waals surface area contributed by atoms with Crippen molar-refractivity contribution < 1.29 is 4.74 Å². The normalized spacial score (nSPS) is 10.0. The number of para-hydroxylation sites is 1. The number of anilines is 3. The van der Waals surface area contributed by atoms with Crippen molar-refractivity contribution in [3.8, 4) is 5.75 Å². The Bertz CT molecular complexity index is 526. The number of nitrogens with two attached hydrogens (primary N) is 1. The molecule has 0 aliphatic rings. The fourth-order valence-electron chi connectivity index (χ4n) is 1.54. The number of hydrogen-bond donors (Lipinski definition) is 2. The number of nitrogen functional groups attached to an aromatic ring is 1. The molecule has 0 atom stereocenters. The Morgan fingerprint density at radius 1 is 1.29 bits per heavy atom. The summed E-state index contributed by atoms with van der Waals surface area (Å²) in [6, 6.07) is 9.79. The van der Waals surface area contributed by atoms with Crippen LogP contribution in [-0.2, 0) is 0 Å². The third-order valence-electron chi connectivity index (χ3n) is 2.52. The molecule has 0 radical (unpaired) electrons. The highest BCUT2D eigenvalue weighted by Gasteiger charge is 2.03. The van der Waals surface area contributed by atoms with Crippen LogP contribution >= 0.6 is 0 Å². The van der Waals surface area contributed by atoms with E-state index in [2.05, 4.69) is 10.3 Å². The first-order chi connectivity index (χ1) is 8.20. The predicted molar refractivity (Wildman–Crippen MR) is 69.7 cm³/mol. The van der Waals surface area contributed by atoms with Gasteiger partial charge in [-0.2, -0.15) is 0 Å². The van der Waals surface area contributed by atoms with Crippen LogP contribution in [0.5, 0.6) is 5.75 Å². The minimum absolute atomic E-state index is 0.530. The standard InChI is InChI=1S/C13H15N3O/c1-9-5-3-4-6-11(9)16-13-7-12(17-2)10(14)8-15-13/h3-8H,14H2,1-2H3,(H,15,16). The molecule has 0 spiro atoms. The Balaban J connectivity index is 2.28. The van der Waals surface area contributed by atoms with Gasteiger partial charge in [-0.3, -0.25) is 0 Å². The molecule has 0 aliphatic heterocycles. The van der Waals surface area contributed by atoms with E-state index in [1.807, 2.05) is 31.2 Å². The lowest BCUT2D eigenvalue weighted by Crippen LogP contribution is -1.99. The molecule has 0 saturated heterocycles. The minimum atomic E-state index is 0.530. The quantitative estimate of drug-likeness (QED) is 0.849. The van der Waals surface area contributed by atoms with E-state index < -0.39 is 0 Å². The van der Waals surface area contributed by atoms with Gasteiger partial charge in [0.25, 0.3) is 0 Å². The van der Waals surface area contributed by atoms with E-state index in [-0.39, 0.29) is 0 Å². The molecule has 0 amide bonds. The van der Waals surface area contributed by atoms with Gasteiger partial charge >= 0.3 is 0 Å². The molecule has 2 aromatic rings. The van der Waals surface area contributed by atoms with Crippen molar-refractivity contribution >= 4 is 17.2 Å². The van der Waals surface area contributed by atoms with Gasteiger partial charge in [0, 0.05) is 11.8 Å². The van der Waals surface area contributed by atoms with Gasteiger partial charge in [-0.15, -0.1) is 0 Å². The molecule has 4 nitrogen and oxygen atoms in total. The summed E-state index contributed by atoms with van der Waals surface area (Å²) < 4.78 is 5.15. The molecule has 1 aromatic heterocycles. The predicted octanol–water partition coefficient (Wildman–Crippen LogP) is 2.72. The maximum atomic E-state index is 5.71. The summed E-state index contributed by atoms with van der Waals surface area (Å²) in [7, 11) is 1.59. The van der Waals surface area contributed by atoms with Crippen molar-refractivity contribution in [3.05, 3.63) is 42.1 Å². The second-order valence-corrected chi connectivity index (χ2v) is 3.75. The van der Waals surface area contributed by atoms with Crippen LogP contribution < -0.4 is 15.8 Å². The van der Waals surface area contributed by atoms with Crippen molar-refractivity contribution in [3.63, 3.8) is 0 Å². The van der Waals surface area contributed by atoms with Gasteiger partial charge in [-0.1, -0.05) is 18.2 Å². The third-order valence-corrected chi connectivity index (χ3v) is 2.52.